The molecule has 2 nitrogen and oxygen atoms in total. The molecular weight excluding hydrogens is 288 g/mol. The van der Waals surface area contributed by atoms with E-state index in [0.29, 0.717) is 5.25 Å². The van der Waals surface area contributed by atoms with Crippen LogP contribution in [0, 0.1) is 11.6 Å². The highest BCUT2D eigenvalue weighted by molar-refractivity contribution is 8.06. The summed E-state index contributed by atoms with van der Waals surface area (Å²) in [6, 6.07) is 3.25. The number of benzene rings is 1. The van der Waals surface area contributed by atoms with Crippen molar-refractivity contribution in [2.75, 3.05) is 30.3 Å². The Morgan fingerprint density at radius 3 is 2.89 bits per heavy atom. The molecule has 0 aliphatic carbocycles. The average molecular weight is 305 g/mol. The van der Waals surface area contributed by atoms with Gasteiger partial charge in [-0.05, 0) is 6.07 Å². The van der Waals surface area contributed by atoms with Crippen LogP contribution in [0.3, 0.4) is 0 Å². The van der Waals surface area contributed by atoms with Gasteiger partial charge < -0.3 is 10.4 Å². The summed E-state index contributed by atoms with van der Waals surface area (Å²) in [6.07, 6.45) is -0.943. The van der Waals surface area contributed by atoms with Crippen LogP contribution in [0.5, 0.6) is 0 Å². The van der Waals surface area contributed by atoms with Gasteiger partial charge in [0, 0.05) is 47.2 Å². The number of hydrogen-bond donors (Lipinski definition) is 2. The van der Waals surface area contributed by atoms with Crippen molar-refractivity contribution in [3.63, 3.8) is 0 Å². The molecule has 2 rings (SSSR count). The molecule has 6 heteroatoms. The van der Waals surface area contributed by atoms with Gasteiger partial charge in [0.25, 0.3) is 0 Å². The fourth-order valence-corrected chi connectivity index (χ4v) is 4.56. The molecule has 0 radical (unpaired) electrons. The number of halogens is 2. The van der Waals surface area contributed by atoms with E-state index in [4.69, 9.17) is 0 Å². The first kappa shape index (κ1) is 15.1. The first-order valence-corrected chi connectivity index (χ1v) is 8.40. The van der Waals surface area contributed by atoms with Crippen molar-refractivity contribution in [1.29, 1.82) is 0 Å². The highest BCUT2D eigenvalue weighted by Crippen LogP contribution is 2.23. The van der Waals surface area contributed by atoms with Crippen molar-refractivity contribution in [2.45, 2.75) is 11.4 Å². The molecule has 0 bridgehead atoms. The molecule has 1 aromatic rings. The summed E-state index contributed by atoms with van der Waals surface area (Å²) < 4.78 is 26.2. The lowest BCUT2D eigenvalue weighted by molar-refractivity contribution is 0.170. The van der Waals surface area contributed by atoms with E-state index >= 15 is 0 Å². The Hall–Kier alpha value is -0.300. The van der Waals surface area contributed by atoms with Gasteiger partial charge >= 0.3 is 0 Å². The fourth-order valence-electron chi connectivity index (χ4n) is 1.92. The largest absolute Gasteiger partial charge is 0.387 e. The van der Waals surface area contributed by atoms with E-state index in [1.807, 2.05) is 23.5 Å². The molecule has 2 N–H and O–H groups in total. The van der Waals surface area contributed by atoms with Gasteiger partial charge in [-0.2, -0.15) is 23.5 Å². The molecule has 1 aromatic carbocycles. The SMILES string of the molecule is OC(CNCC1CSCCS1)c1ccc(F)cc1F. The van der Waals surface area contributed by atoms with Gasteiger partial charge in [-0.15, -0.1) is 0 Å². The molecule has 1 saturated heterocycles. The normalized spacial score (nSPS) is 21.3. The van der Waals surface area contributed by atoms with Crippen molar-refractivity contribution in [3.05, 3.63) is 35.4 Å². The third-order valence-corrected chi connectivity index (χ3v) is 5.76. The molecule has 19 heavy (non-hydrogen) atoms. The van der Waals surface area contributed by atoms with E-state index in [0.717, 1.165) is 30.2 Å². The Bertz CT molecular complexity index is 414. The Balaban J connectivity index is 1.78. The van der Waals surface area contributed by atoms with Gasteiger partial charge in [0.15, 0.2) is 0 Å². The minimum Gasteiger partial charge on any atom is -0.387 e. The van der Waals surface area contributed by atoms with E-state index in [9.17, 15) is 13.9 Å². The zero-order chi connectivity index (χ0) is 13.7. The minimum atomic E-state index is -0.943. The van der Waals surface area contributed by atoms with Crippen molar-refractivity contribution in [1.82, 2.24) is 5.32 Å². The topological polar surface area (TPSA) is 32.3 Å². The third-order valence-electron chi connectivity index (χ3n) is 2.92. The van der Waals surface area contributed by atoms with E-state index in [-0.39, 0.29) is 12.1 Å². The maximum atomic E-state index is 13.4. The summed E-state index contributed by atoms with van der Waals surface area (Å²) in [6.45, 7) is 1.09. The smallest absolute Gasteiger partial charge is 0.131 e. The monoisotopic (exact) mass is 305 g/mol. The zero-order valence-electron chi connectivity index (χ0n) is 10.4. The van der Waals surface area contributed by atoms with Crippen molar-refractivity contribution >= 4 is 23.5 Å². The van der Waals surface area contributed by atoms with Crippen LogP contribution in [-0.4, -0.2) is 40.7 Å². The molecule has 1 aliphatic heterocycles. The van der Waals surface area contributed by atoms with Gasteiger partial charge in [-0.25, -0.2) is 8.78 Å². The van der Waals surface area contributed by atoms with E-state index in [2.05, 4.69) is 5.32 Å². The third kappa shape index (κ3) is 4.63. The summed E-state index contributed by atoms with van der Waals surface area (Å²) in [4.78, 5) is 0. The average Bonchev–Trinajstić information content (AvgIpc) is 2.39. The van der Waals surface area contributed by atoms with Crippen LogP contribution < -0.4 is 5.32 Å². The Morgan fingerprint density at radius 2 is 2.21 bits per heavy atom. The summed E-state index contributed by atoms with van der Waals surface area (Å²) >= 11 is 3.86. The summed E-state index contributed by atoms with van der Waals surface area (Å²) in [5.74, 6) is 2.14. The Kier molecular flexibility index (Phi) is 5.94. The van der Waals surface area contributed by atoms with E-state index < -0.39 is 17.7 Å². The lowest BCUT2D eigenvalue weighted by Crippen LogP contribution is -2.32. The number of rotatable bonds is 5. The second-order valence-electron chi connectivity index (χ2n) is 4.41. The van der Waals surface area contributed by atoms with Crippen molar-refractivity contribution < 1.29 is 13.9 Å². The van der Waals surface area contributed by atoms with Crippen LogP contribution in [0.15, 0.2) is 18.2 Å². The summed E-state index contributed by atoms with van der Waals surface area (Å²) in [5, 5.41) is 13.6. The Labute approximate surface area is 120 Å². The lowest BCUT2D eigenvalue weighted by atomic mass is 10.1. The highest BCUT2D eigenvalue weighted by Gasteiger charge is 2.16. The van der Waals surface area contributed by atoms with Crippen molar-refractivity contribution in [3.8, 4) is 0 Å². The number of hydrogen-bond acceptors (Lipinski definition) is 4. The number of thioether (sulfide) groups is 2. The number of aliphatic hydroxyl groups is 1. The van der Waals surface area contributed by atoms with Crippen LogP contribution in [0.2, 0.25) is 0 Å². The van der Waals surface area contributed by atoms with Crippen LogP contribution in [0.1, 0.15) is 11.7 Å². The van der Waals surface area contributed by atoms with Gasteiger partial charge in [-0.1, -0.05) is 6.07 Å². The summed E-state index contributed by atoms with van der Waals surface area (Å²) in [7, 11) is 0. The van der Waals surface area contributed by atoms with Crippen LogP contribution >= 0.6 is 23.5 Å². The van der Waals surface area contributed by atoms with E-state index in [1.165, 1.54) is 11.8 Å². The molecule has 0 saturated carbocycles. The molecule has 0 amide bonds. The molecule has 1 heterocycles. The van der Waals surface area contributed by atoms with Crippen LogP contribution in [0.25, 0.3) is 0 Å². The Morgan fingerprint density at radius 1 is 1.37 bits per heavy atom. The molecule has 1 aliphatic rings. The van der Waals surface area contributed by atoms with Crippen LogP contribution in [-0.2, 0) is 0 Å². The molecule has 2 unspecified atom stereocenters. The van der Waals surface area contributed by atoms with Gasteiger partial charge in [0.05, 0.1) is 6.10 Å². The maximum absolute atomic E-state index is 13.4. The molecule has 0 spiro atoms. The second-order valence-corrected chi connectivity index (χ2v) is 6.97. The van der Waals surface area contributed by atoms with Gasteiger partial charge in [-0.3, -0.25) is 0 Å². The zero-order valence-corrected chi connectivity index (χ0v) is 12.1. The molecular formula is C13H17F2NOS2. The number of nitrogens with one attached hydrogen (secondary N) is 1. The van der Waals surface area contributed by atoms with E-state index in [1.54, 1.807) is 0 Å². The predicted octanol–water partition coefficient (Wildman–Crippen LogP) is 2.44. The maximum Gasteiger partial charge on any atom is 0.131 e. The molecule has 1 fully saturated rings. The summed E-state index contributed by atoms with van der Waals surface area (Å²) in [5.41, 5.74) is 0.138. The van der Waals surface area contributed by atoms with Gasteiger partial charge in [0.2, 0.25) is 0 Å². The molecule has 106 valence electrons. The standard InChI is InChI=1S/C13H17F2NOS2/c14-9-1-2-11(12(15)5-9)13(17)7-16-6-10-8-18-3-4-19-10/h1-2,5,10,13,16-17H,3-4,6-8H2. The van der Waals surface area contributed by atoms with Crippen LogP contribution in [0.4, 0.5) is 8.78 Å². The van der Waals surface area contributed by atoms with Crippen molar-refractivity contribution in [2.24, 2.45) is 0 Å². The second kappa shape index (κ2) is 7.47. The molecule has 0 aromatic heterocycles. The lowest BCUT2D eigenvalue weighted by Gasteiger charge is -2.22. The first-order chi connectivity index (χ1) is 9.16. The fraction of sp³-hybridized carbons (Fsp3) is 0.538. The minimum absolute atomic E-state index is 0.138. The predicted molar refractivity (Wildman–Crippen MR) is 77.8 cm³/mol. The quantitative estimate of drug-likeness (QED) is 0.875. The molecule has 2 atom stereocenters. The highest BCUT2D eigenvalue weighted by atomic mass is 32.2. The van der Waals surface area contributed by atoms with Gasteiger partial charge in [0.1, 0.15) is 11.6 Å². The number of aliphatic hydroxyl groups excluding tert-OH is 1. The first-order valence-electron chi connectivity index (χ1n) is 6.20.